The molecule has 0 saturated carbocycles. The van der Waals surface area contributed by atoms with Crippen LogP contribution in [0.5, 0.6) is 11.6 Å². The van der Waals surface area contributed by atoms with Crippen LogP contribution in [0.15, 0.2) is 23.4 Å². The molecule has 0 aliphatic heterocycles. The van der Waals surface area contributed by atoms with Crippen molar-refractivity contribution in [1.82, 2.24) is 25.0 Å². The van der Waals surface area contributed by atoms with Crippen LogP contribution < -0.4 is 4.74 Å². The zero-order valence-electron chi connectivity index (χ0n) is 14.3. The first-order valence-corrected chi connectivity index (χ1v) is 8.72. The lowest BCUT2D eigenvalue weighted by molar-refractivity contribution is 0.454. The maximum Gasteiger partial charge on any atom is 0.254 e. The summed E-state index contributed by atoms with van der Waals surface area (Å²) in [4.78, 5) is 8.86. The van der Waals surface area contributed by atoms with Gasteiger partial charge in [-0.05, 0) is 55.0 Å². The molecular weight excluding hydrogens is 336 g/mol. The van der Waals surface area contributed by atoms with Crippen LogP contribution in [0, 0.1) is 25.2 Å². The van der Waals surface area contributed by atoms with E-state index in [9.17, 15) is 0 Å². The van der Waals surface area contributed by atoms with Crippen LogP contribution in [0.25, 0.3) is 17.2 Å². The van der Waals surface area contributed by atoms with E-state index in [1.54, 1.807) is 17.8 Å². The van der Waals surface area contributed by atoms with Crippen molar-refractivity contribution < 1.29 is 4.74 Å². The number of allylic oxidation sites excluding steroid dienone is 1. The van der Waals surface area contributed by atoms with Crippen LogP contribution in [0.1, 0.15) is 16.7 Å². The monoisotopic (exact) mass is 352 g/mol. The first-order valence-electron chi connectivity index (χ1n) is 7.50. The smallest absolute Gasteiger partial charge is 0.254 e. The summed E-state index contributed by atoms with van der Waals surface area (Å²) < 4.78 is 7.70. The van der Waals surface area contributed by atoms with Gasteiger partial charge in [-0.15, -0.1) is 5.10 Å². The molecule has 0 atom stereocenters. The zero-order valence-corrected chi connectivity index (χ0v) is 15.1. The molecule has 0 fully saturated rings. The summed E-state index contributed by atoms with van der Waals surface area (Å²) in [5, 5.41) is 17.4. The molecule has 2 heterocycles. The standard InChI is InChI=1S/C17H16N6OS/c1-10-8-12(6-5-7-18)9-11(2)14(10)24-16-13-15(23(3)22-21-13)19-17(20-16)25-4/h5-6,8-9H,1-4H3/b6-5+. The quantitative estimate of drug-likeness (QED) is 0.404. The van der Waals surface area contributed by atoms with E-state index < -0.39 is 0 Å². The number of aromatic nitrogens is 5. The van der Waals surface area contributed by atoms with Gasteiger partial charge in [-0.2, -0.15) is 10.2 Å². The second kappa shape index (κ2) is 6.91. The van der Waals surface area contributed by atoms with Crippen molar-refractivity contribution in [3.63, 3.8) is 0 Å². The van der Waals surface area contributed by atoms with Gasteiger partial charge in [0, 0.05) is 13.1 Å². The molecule has 0 N–H and O–H groups in total. The molecular formula is C17H16N6OS. The Labute approximate surface area is 149 Å². The number of ether oxygens (including phenoxy) is 1. The predicted octanol–water partition coefficient (Wildman–Crippen LogP) is 3.43. The highest BCUT2D eigenvalue weighted by atomic mass is 32.2. The van der Waals surface area contributed by atoms with Crippen LogP contribution in [-0.4, -0.2) is 31.2 Å². The third kappa shape index (κ3) is 3.32. The summed E-state index contributed by atoms with van der Waals surface area (Å²) >= 11 is 1.43. The van der Waals surface area contributed by atoms with Gasteiger partial charge in [-0.3, -0.25) is 0 Å². The summed E-state index contributed by atoms with van der Waals surface area (Å²) in [6.45, 7) is 3.91. The number of hydrogen-bond acceptors (Lipinski definition) is 7. The Hall–Kier alpha value is -2.92. The number of fused-ring (bicyclic) bond motifs is 1. The maximum atomic E-state index is 8.68. The van der Waals surface area contributed by atoms with Crippen molar-refractivity contribution in [1.29, 1.82) is 5.26 Å². The van der Waals surface area contributed by atoms with Gasteiger partial charge in [0.05, 0.1) is 6.07 Å². The van der Waals surface area contributed by atoms with E-state index in [1.165, 1.54) is 17.8 Å². The van der Waals surface area contributed by atoms with Crippen LogP contribution >= 0.6 is 11.8 Å². The number of thioether (sulfide) groups is 1. The van der Waals surface area contributed by atoms with E-state index in [0.29, 0.717) is 27.9 Å². The zero-order chi connectivity index (χ0) is 18.0. The number of benzene rings is 1. The summed E-state index contributed by atoms with van der Waals surface area (Å²) in [6.07, 6.45) is 5.12. The van der Waals surface area contributed by atoms with Crippen molar-refractivity contribution in [2.24, 2.45) is 7.05 Å². The Morgan fingerprint density at radius 2 is 1.96 bits per heavy atom. The largest absolute Gasteiger partial charge is 0.436 e. The topological polar surface area (TPSA) is 89.5 Å². The lowest BCUT2D eigenvalue weighted by atomic mass is 10.1. The number of rotatable bonds is 4. The Morgan fingerprint density at radius 3 is 2.60 bits per heavy atom. The molecule has 0 amide bonds. The van der Waals surface area contributed by atoms with Crippen molar-refractivity contribution >= 4 is 29.0 Å². The molecule has 3 rings (SSSR count). The van der Waals surface area contributed by atoms with Crippen LogP contribution in [0.4, 0.5) is 0 Å². The first kappa shape index (κ1) is 16.9. The number of nitriles is 1. The van der Waals surface area contributed by atoms with Gasteiger partial charge < -0.3 is 4.74 Å². The molecule has 1 aromatic carbocycles. The summed E-state index contributed by atoms with van der Waals surface area (Å²) in [7, 11) is 1.78. The Bertz CT molecular complexity index is 995. The van der Waals surface area contributed by atoms with Gasteiger partial charge >= 0.3 is 0 Å². The van der Waals surface area contributed by atoms with E-state index >= 15 is 0 Å². The average molecular weight is 352 g/mol. The lowest BCUT2D eigenvalue weighted by Crippen LogP contribution is -1.99. The molecule has 0 unspecified atom stereocenters. The summed E-state index contributed by atoms with van der Waals surface area (Å²) in [6, 6.07) is 5.91. The fourth-order valence-electron chi connectivity index (χ4n) is 2.50. The fraction of sp³-hybridized carbons (Fsp3) is 0.235. The molecule has 126 valence electrons. The molecule has 3 aromatic rings. The molecule has 0 saturated heterocycles. The highest BCUT2D eigenvalue weighted by Gasteiger charge is 2.17. The number of nitrogens with zero attached hydrogens (tertiary/aromatic N) is 6. The highest BCUT2D eigenvalue weighted by molar-refractivity contribution is 7.98. The molecule has 25 heavy (non-hydrogen) atoms. The van der Waals surface area contributed by atoms with E-state index in [2.05, 4.69) is 20.3 Å². The molecule has 0 radical (unpaired) electrons. The minimum absolute atomic E-state index is 0.383. The second-order valence-electron chi connectivity index (χ2n) is 5.45. The molecule has 7 nitrogen and oxygen atoms in total. The third-order valence-corrected chi connectivity index (χ3v) is 4.16. The van der Waals surface area contributed by atoms with Gasteiger partial charge in [-0.25, -0.2) is 9.67 Å². The van der Waals surface area contributed by atoms with Gasteiger partial charge in [0.1, 0.15) is 5.75 Å². The highest BCUT2D eigenvalue weighted by Crippen LogP contribution is 2.32. The molecule has 8 heteroatoms. The first-order chi connectivity index (χ1) is 12.0. The minimum atomic E-state index is 0.383. The van der Waals surface area contributed by atoms with Crippen molar-refractivity contribution in [3.05, 3.63) is 34.9 Å². The minimum Gasteiger partial charge on any atom is -0.436 e. The van der Waals surface area contributed by atoms with Crippen LogP contribution in [0.3, 0.4) is 0 Å². The Balaban J connectivity index is 2.07. The normalized spacial score (nSPS) is 11.2. The summed E-state index contributed by atoms with van der Waals surface area (Å²) in [5.41, 5.74) is 3.98. The summed E-state index contributed by atoms with van der Waals surface area (Å²) in [5.74, 6) is 1.10. The predicted molar refractivity (Wildman–Crippen MR) is 96.5 cm³/mol. The van der Waals surface area contributed by atoms with Gasteiger partial charge in [-0.1, -0.05) is 17.0 Å². The Morgan fingerprint density at radius 1 is 1.24 bits per heavy atom. The maximum absolute atomic E-state index is 8.68. The Kier molecular flexibility index (Phi) is 4.67. The molecule has 0 spiro atoms. The van der Waals surface area contributed by atoms with Crippen LogP contribution in [0.2, 0.25) is 0 Å². The number of hydrogen-bond donors (Lipinski definition) is 0. The SMILES string of the molecule is CSc1nc(Oc2c(C)cc(/C=C/C#N)cc2C)c2nnn(C)c2n1. The molecule has 0 aliphatic rings. The van der Waals surface area contributed by atoms with Crippen molar-refractivity contribution in [2.45, 2.75) is 19.0 Å². The van der Waals surface area contributed by atoms with E-state index in [-0.39, 0.29) is 0 Å². The third-order valence-electron chi connectivity index (χ3n) is 3.61. The van der Waals surface area contributed by atoms with Crippen molar-refractivity contribution in [3.8, 4) is 17.7 Å². The van der Waals surface area contributed by atoms with Gasteiger partial charge in [0.25, 0.3) is 5.88 Å². The molecule has 0 aliphatic carbocycles. The van der Waals surface area contributed by atoms with Crippen LogP contribution in [-0.2, 0) is 7.05 Å². The second-order valence-corrected chi connectivity index (χ2v) is 6.22. The van der Waals surface area contributed by atoms with E-state index in [0.717, 1.165) is 16.7 Å². The number of aryl methyl sites for hydroxylation is 3. The van der Waals surface area contributed by atoms with Gasteiger partial charge in [0.15, 0.2) is 16.3 Å². The van der Waals surface area contributed by atoms with Crippen molar-refractivity contribution in [2.75, 3.05) is 6.26 Å². The molecule has 0 bridgehead atoms. The average Bonchev–Trinajstić information content (AvgIpc) is 2.97. The van der Waals surface area contributed by atoms with E-state index in [4.69, 9.17) is 10.00 Å². The molecule has 2 aromatic heterocycles. The fourth-order valence-corrected chi connectivity index (χ4v) is 2.86. The lowest BCUT2D eigenvalue weighted by Gasteiger charge is -2.12. The van der Waals surface area contributed by atoms with E-state index in [1.807, 2.05) is 38.3 Å². The van der Waals surface area contributed by atoms with Gasteiger partial charge in [0.2, 0.25) is 0 Å².